The van der Waals surface area contributed by atoms with Gasteiger partial charge < -0.3 is 14.8 Å². The molecule has 1 fully saturated rings. The van der Waals surface area contributed by atoms with Crippen LogP contribution in [0.1, 0.15) is 25.3 Å². The second-order valence-corrected chi connectivity index (χ2v) is 5.44. The van der Waals surface area contributed by atoms with Crippen LogP contribution in [0.5, 0.6) is 11.5 Å². The fraction of sp³-hybridized carbons (Fsp3) is 0.529. The van der Waals surface area contributed by atoms with Gasteiger partial charge in [0.25, 0.3) is 0 Å². The van der Waals surface area contributed by atoms with Crippen molar-refractivity contribution >= 4 is 5.70 Å². The number of hydrogen-bond donors (Lipinski definition) is 1. The first-order chi connectivity index (χ1) is 10.6. The van der Waals surface area contributed by atoms with E-state index in [9.17, 15) is 4.39 Å². The van der Waals surface area contributed by atoms with Crippen molar-refractivity contribution in [1.29, 1.82) is 0 Å². The van der Waals surface area contributed by atoms with E-state index in [2.05, 4.69) is 23.7 Å². The van der Waals surface area contributed by atoms with Crippen LogP contribution in [-0.4, -0.2) is 44.8 Å². The SMILES string of the molecule is C=C(NCC1CCCN1CC)c1c(OC)ccc(F)c1OC. The fourth-order valence-electron chi connectivity index (χ4n) is 3.07. The molecule has 1 heterocycles. The molecule has 0 bridgehead atoms. The number of halogens is 1. The summed E-state index contributed by atoms with van der Waals surface area (Å²) in [6.07, 6.45) is 2.39. The van der Waals surface area contributed by atoms with E-state index in [0.29, 0.717) is 23.1 Å². The van der Waals surface area contributed by atoms with Gasteiger partial charge in [-0.3, -0.25) is 4.90 Å². The van der Waals surface area contributed by atoms with Crippen LogP contribution >= 0.6 is 0 Å². The maximum Gasteiger partial charge on any atom is 0.167 e. The summed E-state index contributed by atoms with van der Waals surface area (Å²) in [6.45, 7) is 9.19. The molecule has 1 N–H and O–H groups in total. The molecule has 5 heteroatoms. The summed E-state index contributed by atoms with van der Waals surface area (Å²) in [7, 11) is 3.00. The van der Waals surface area contributed by atoms with E-state index in [4.69, 9.17) is 9.47 Å². The van der Waals surface area contributed by atoms with Gasteiger partial charge in [-0.15, -0.1) is 0 Å². The van der Waals surface area contributed by atoms with Crippen LogP contribution in [0.3, 0.4) is 0 Å². The monoisotopic (exact) mass is 308 g/mol. The number of nitrogens with zero attached hydrogens (tertiary/aromatic N) is 1. The van der Waals surface area contributed by atoms with E-state index in [1.807, 2.05) is 0 Å². The van der Waals surface area contributed by atoms with E-state index in [1.165, 1.54) is 26.0 Å². The molecule has 122 valence electrons. The molecule has 0 spiro atoms. The molecule has 22 heavy (non-hydrogen) atoms. The van der Waals surface area contributed by atoms with Crippen molar-refractivity contribution in [1.82, 2.24) is 10.2 Å². The highest BCUT2D eigenvalue weighted by molar-refractivity contribution is 5.73. The first-order valence-electron chi connectivity index (χ1n) is 7.70. The molecule has 2 rings (SSSR count). The van der Waals surface area contributed by atoms with Gasteiger partial charge in [0, 0.05) is 18.3 Å². The van der Waals surface area contributed by atoms with E-state index in [1.54, 1.807) is 13.2 Å². The molecule has 1 aliphatic rings. The third kappa shape index (κ3) is 3.35. The minimum Gasteiger partial charge on any atom is -0.496 e. The molecule has 0 saturated carbocycles. The van der Waals surface area contributed by atoms with E-state index in [0.717, 1.165) is 19.6 Å². The summed E-state index contributed by atoms with van der Waals surface area (Å²) in [4.78, 5) is 2.44. The Kier molecular flexibility index (Phi) is 5.66. The van der Waals surface area contributed by atoms with Gasteiger partial charge in [-0.25, -0.2) is 4.39 Å². The lowest BCUT2D eigenvalue weighted by Gasteiger charge is -2.24. The van der Waals surface area contributed by atoms with Crippen LogP contribution in [0.4, 0.5) is 4.39 Å². The van der Waals surface area contributed by atoms with Gasteiger partial charge in [-0.05, 0) is 38.1 Å². The normalized spacial score (nSPS) is 18.3. The van der Waals surface area contributed by atoms with Crippen molar-refractivity contribution < 1.29 is 13.9 Å². The summed E-state index contributed by atoms with van der Waals surface area (Å²) in [5.41, 5.74) is 1.17. The fourth-order valence-corrected chi connectivity index (χ4v) is 3.07. The highest BCUT2D eigenvalue weighted by atomic mass is 19.1. The Bertz CT molecular complexity index is 534. The lowest BCUT2D eigenvalue weighted by Crippen LogP contribution is -2.37. The Morgan fingerprint density at radius 3 is 2.82 bits per heavy atom. The number of ether oxygens (including phenoxy) is 2. The largest absolute Gasteiger partial charge is 0.496 e. The second-order valence-electron chi connectivity index (χ2n) is 5.44. The maximum absolute atomic E-state index is 13.9. The molecule has 0 amide bonds. The van der Waals surface area contributed by atoms with Gasteiger partial charge >= 0.3 is 0 Å². The lowest BCUT2D eigenvalue weighted by atomic mass is 10.1. The summed E-state index contributed by atoms with van der Waals surface area (Å²) in [5, 5.41) is 3.32. The lowest BCUT2D eigenvalue weighted by molar-refractivity contribution is 0.266. The number of methoxy groups -OCH3 is 2. The topological polar surface area (TPSA) is 33.7 Å². The van der Waals surface area contributed by atoms with Gasteiger partial charge in [-0.2, -0.15) is 0 Å². The predicted molar refractivity (Wildman–Crippen MR) is 86.8 cm³/mol. The van der Waals surface area contributed by atoms with Crippen molar-refractivity contribution in [3.05, 3.63) is 30.1 Å². The zero-order chi connectivity index (χ0) is 16.1. The van der Waals surface area contributed by atoms with Gasteiger partial charge in [0.15, 0.2) is 11.6 Å². The summed E-state index contributed by atoms with van der Waals surface area (Å²) >= 11 is 0. The van der Waals surface area contributed by atoms with E-state index >= 15 is 0 Å². The van der Waals surface area contributed by atoms with Gasteiger partial charge in [0.05, 0.1) is 19.8 Å². The first-order valence-corrected chi connectivity index (χ1v) is 7.70. The predicted octanol–water partition coefficient (Wildman–Crippen LogP) is 2.89. The molecule has 0 aromatic heterocycles. The number of likely N-dealkylation sites (N-methyl/N-ethyl adjacent to an activating group) is 1. The Balaban J connectivity index is 2.13. The Morgan fingerprint density at radius 2 is 2.18 bits per heavy atom. The molecule has 1 aromatic rings. The van der Waals surface area contributed by atoms with Crippen molar-refractivity contribution in [2.75, 3.05) is 33.9 Å². The molecule has 1 unspecified atom stereocenters. The molecule has 1 atom stereocenters. The standard InChI is InChI=1S/C17H25FN2O2/c1-5-20-10-6-7-13(20)11-19-12(2)16-15(21-3)9-8-14(18)17(16)22-4/h8-9,13,19H,2,5-7,10-11H2,1,3-4H3. The highest BCUT2D eigenvalue weighted by Crippen LogP contribution is 2.35. The molecule has 1 saturated heterocycles. The first kappa shape index (κ1) is 16.6. The Hall–Kier alpha value is -1.75. The number of benzene rings is 1. The molecule has 4 nitrogen and oxygen atoms in total. The number of hydrogen-bond acceptors (Lipinski definition) is 4. The minimum absolute atomic E-state index is 0.163. The van der Waals surface area contributed by atoms with Crippen LogP contribution in [0.25, 0.3) is 5.70 Å². The number of rotatable bonds is 7. The Morgan fingerprint density at radius 1 is 1.41 bits per heavy atom. The van der Waals surface area contributed by atoms with Gasteiger partial charge in [0.2, 0.25) is 0 Å². The maximum atomic E-state index is 13.9. The highest BCUT2D eigenvalue weighted by Gasteiger charge is 2.24. The molecule has 1 aromatic carbocycles. The van der Waals surface area contributed by atoms with E-state index < -0.39 is 5.82 Å². The summed E-state index contributed by atoms with van der Waals surface area (Å²) in [5.74, 6) is 0.294. The molecular weight excluding hydrogens is 283 g/mol. The van der Waals surface area contributed by atoms with Gasteiger partial charge in [0.1, 0.15) is 5.75 Å². The molecule has 1 aliphatic heterocycles. The number of likely N-dealkylation sites (tertiary alicyclic amines) is 1. The van der Waals surface area contributed by atoms with Crippen LogP contribution < -0.4 is 14.8 Å². The van der Waals surface area contributed by atoms with Crippen molar-refractivity contribution in [2.45, 2.75) is 25.8 Å². The smallest absolute Gasteiger partial charge is 0.167 e. The third-order valence-electron chi connectivity index (χ3n) is 4.25. The van der Waals surface area contributed by atoms with Crippen LogP contribution in [-0.2, 0) is 0 Å². The zero-order valence-electron chi connectivity index (χ0n) is 13.6. The minimum atomic E-state index is -0.419. The zero-order valence-corrected chi connectivity index (χ0v) is 13.6. The third-order valence-corrected chi connectivity index (χ3v) is 4.25. The summed E-state index contributed by atoms with van der Waals surface area (Å²) < 4.78 is 24.4. The average Bonchev–Trinajstić information content (AvgIpc) is 2.99. The average molecular weight is 308 g/mol. The van der Waals surface area contributed by atoms with Crippen molar-refractivity contribution in [3.8, 4) is 11.5 Å². The molecule has 0 aliphatic carbocycles. The van der Waals surface area contributed by atoms with Crippen molar-refractivity contribution in [2.24, 2.45) is 0 Å². The quantitative estimate of drug-likeness (QED) is 0.840. The van der Waals surface area contributed by atoms with Crippen LogP contribution in [0, 0.1) is 5.82 Å². The number of nitrogens with one attached hydrogen (secondary N) is 1. The van der Waals surface area contributed by atoms with Gasteiger partial charge in [-0.1, -0.05) is 13.5 Å². The van der Waals surface area contributed by atoms with Crippen LogP contribution in [0.2, 0.25) is 0 Å². The van der Waals surface area contributed by atoms with E-state index in [-0.39, 0.29) is 5.75 Å². The molecular formula is C17H25FN2O2. The second kappa shape index (κ2) is 7.49. The van der Waals surface area contributed by atoms with Crippen molar-refractivity contribution in [3.63, 3.8) is 0 Å². The molecule has 0 radical (unpaired) electrons. The summed E-state index contributed by atoms with van der Waals surface area (Å²) in [6, 6.07) is 3.42. The Labute approximate surface area is 131 Å². The van der Waals surface area contributed by atoms with Crippen LogP contribution in [0.15, 0.2) is 18.7 Å².